The number of aromatic nitrogens is 3. The molecule has 0 spiro atoms. The van der Waals surface area contributed by atoms with Crippen LogP contribution < -0.4 is 5.32 Å². The van der Waals surface area contributed by atoms with Crippen LogP contribution in [0.3, 0.4) is 0 Å². The summed E-state index contributed by atoms with van der Waals surface area (Å²) >= 11 is 3.12. The Kier molecular flexibility index (Phi) is 6.11. The summed E-state index contributed by atoms with van der Waals surface area (Å²) in [5.74, 6) is 1.13. The van der Waals surface area contributed by atoms with Crippen LogP contribution >= 0.6 is 23.1 Å². The minimum Gasteiger partial charge on any atom is -0.325 e. The van der Waals surface area contributed by atoms with Crippen LogP contribution in [0.15, 0.2) is 40.9 Å². The van der Waals surface area contributed by atoms with Crippen LogP contribution in [0.5, 0.6) is 0 Å². The van der Waals surface area contributed by atoms with Crippen LogP contribution in [0.4, 0.5) is 5.69 Å². The van der Waals surface area contributed by atoms with E-state index in [2.05, 4.69) is 45.4 Å². The lowest BCUT2D eigenvalue weighted by Gasteiger charge is -2.08. The first-order valence-corrected chi connectivity index (χ1v) is 10.4. The Balaban J connectivity index is 1.68. The van der Waals surface area contributed by atoms with E-state index in [-0.39, 0.29) is 5.91 Å². The van der Waals surface area contributed by atoms with Crippen molar-refractivity contribution >= 4 is 34.7 Å². The van der Waals surface area contributed by atoms with Gasteiger partial charge in [-0.3, -0.25) is 4.79 Å². The van der Waals surface area contributed by atoms with Crippen molar-refractivity contribution in [2.45, 2.75) is 38.9 Å². The summed E-state index contributed by atoms with van der Waals surface area (Å²) in [5.41, 5.74) is 3.07. The second kappa shape index (κ2) is 8.51. The van der Waals surface area contributed by atoms with E-state index >= 15 is 0 Å². The molecule has 1 N–H and O–H groups in total. The first-order chi connectivity index (χ1) is 12.6. The molecule has 0 atom stereocenters. The van der Waals surface area contributed by atoms with Gasteiger partial charge in [0, 0.05) is 28.1 Å². The van der Waals surface area contributed by atoms with Crippen LogP contribution in [0.2, 0.25) is 0 Å². The lowest BCUT2D eigenvalue weighted by Crippen LogP contribution is -2.14. The highest BCUT2D eigenvalue weighted by Crippen LogP contribution is 2.27. The highest BCUT2D eigenvalue weighted by molar-refractivity contribution is 7.99. The molecule has 0 radical (unpaired) electrons. The molecule has 26 heavy (non-hydrogen) atoms. The van der Waals surface area contributed by atoms with Gasteiger partial charge in [-0.1, -0.05) is 36.4 Å². The maximum atomic E-state index is 12.2. The van der Waals surface area contributed by atoms with E-state index in [4.69, 9.17) is 0 Å². The van der Waals surface area contributed by atoms with Gasteiger partial charge in [0.15, 0.2) is 11.0 Å². The summed E-state index contributed by atoms with van der Waals surface area (Å²) in [5, 5.41) is 14.5. The molecule has 1 amide bonds. The Labute approximate surface area is 161 Å². The molecule has 3 rings (SSSR count). The van der Waals surface area contributed by atoms with Gasteiger partial charge in [-0.15, -0.1) is 21.5 Å². The fourth-order valence-electron chi connectivity index (χ4n) is 2.56. The largest absolute Gasteiger partial charge is 0.325 e. The second-order valence-corrected chi connectivity index (χ2v) is 8.16. The van der Waals surface area contributed by atoms with E-state index < -0.39 is 0 Å². The summed E-state index contributed by atoms with van der Waals surface area (Å²) in [4.78, 5) is 13.5. The smallest absolute Gasteiger partial charge is 0.234 e. The van der Waals surface area contributed by atoms with Gasteiger partial charge >= 0.3 is 0 Å². The zero-order valence-electron chi connectivity index (χ0n) is 15.2. The number of hydrogen-bond donors (Lipinski definition) is 1. The molecule has 0 aliphatic heterocycles. The molecule has 0 bridgehead atoms. The van der Waals surface area contributed by atoms with Crippen LogP contribution in [0.1, 0.15) is 23.8 Å². The Morgan fingerprint density at radius 1 is 1.23 bits per heavy atom. The molecule has 2 aromatic heterocycles. The van der Waals surface area contributed by atoms with E-state index in [1.807, 2.05) is 31.2 Å². The maximum absolute atomic E-state index is 12.2. The normalized spacial score (nSPS) is 10.9. The molecule has 0 aliphatic rings. The number of carbonyl (C=O) groups is 1. The highest BCUT2D eigenvalue weighted by Gasteiger charge is 2.16. The van der Waals surface area contributed by atoms with Crippen molar-refractivity contribution in [1.29, 1.82) is 0 Å². The van der Waals surface area contributed by atoms with Crippen molar-refractivity contribution < 1.29 is 4.79 Å². The van der Waals surface area contributed by atoms with E-state index in [1.54, 1.807) is 11.3 Å². The predicted octanol–water partition coefficient (Wildman–Crippen LogP) is 4.76. The Hall–Kier alpha value is -2.12. The molecule has 3 aromatic rings. The third-order valence-electron chi connectivity index (χ3n) is 3.82. The molecule has 0 aliphatic carbocycles. The molecule has 7 heteroatoms. The third-order valence-corrected chi connectivity index (χ3v) is 5.65. The fourth-order valence-corrected chi connectivity index (χ4v) is 4.00. The number of anilines is 1. The van der Waals surface area contributed by atoms with Gasteiger partial charge in [0.2, 0.25) is 5.91 Å². The molecule has 2 heterocycles. The molecule has 1 aromatic carbocycles. The molecule has 0 unspecified atom stereocenters. The number of thiophene rings is 1. The number of thioether (sulfide) groups is 1. The zero-order chi connectivity index (χ0) is 18.5. The van der Waals surface area contributed by atoms with Crippen molar-refractivity contribution in [2.24, 2.45) is 0 Å². The Morgan fingerprint density at radius 2 is 2.00 bits per heavy atom. The number of hydrogen-bond acceptors (Lipinski definition) is 5. The number of rotatable bonds is 7. The van der Waals surface area contributed by atoms with Crippen LogP contribution in [0, 0.1) is 13.8 Å². The summed E-state index contributed by atoms with van der Waals surface area (Å²) in [7, 11) is 0. The van der Waals surface area contributed by atoms with Crippen molar-refractivity contribution in [3.63, 3.8) is 0 Å². The van der Waals surface area contributed by atoms with E-state index in [9.17, 15) is 4.79 Å². The van der Waals surface area contributed by atoms with Gasteiger partial charge in [0.25, 0.3) is 0 Å². The molecule has 0 saturated heterocycles. The number of benzene rings is 1. The summed E-state index contributed by atoms with van der Waals surface area (Å²) in [6.45, 7) is 7.06. The van der Waals surface area contributed by atoms with Gasteiger partial charge in [0.1, 0.15) is 0 Å². The highest BCUT2D eigenvalue weighted by atomic mass is 32.2. The van der Waals surface area contributed by atoms with E-state index in [1.165, 1.54) is 22.2 Å². The van der Waals surface area contributed by atoms with E-state index in [0.29, 0.717) is 5.75 Å². The monoisotopic (exact) mass is 386 g/mol. The number of aryl methyl sites for hydroxylation is 2. The maximum Gasteiger partial charge on any atom is 0.234 e. The van der Waals surface area contributed by atoms with Crippen LogP contribution in [-0.4, -0.2) is 26.4 Å². The summed E-state index contributed by atoms with van der Waals surface area (Å²) in [6.07, 6.45) is 0.983. The predicted molar refractivity (Wildman–Crippen MR) is 109 cm³/mol. The molecule has 5 nitrogen and oxygen atoms in total. The lowest BCUT2D eigenvalue weighted by molar-refractivity contribution is -0.113. The first-order valence-electron chi connectivity index (χ1n) is 8.55. The number of carbonyl (C=O) groups excluding carboxylic acids is 1. The van der Waals surface area contributed by atoms with E-state index in [0.717, 1.165) is 35.2 Å². The van der Waals surface area contributed by atoms with Crippen LogP contribution in [-0.2, 0) is 11.3 Å². The molecule has 0 saturated carbocycles. The fraction of sp³-hybridized carbons (Fsp3) is 0.316. The quantitative estimate of drug-likeness (QED) is 0.595. The molecular formula is C19H22N4OS2. The number of nitrogens with zero attached hydrogens (tertiary/aromatic N) is 3. The van der Waals surface area contributed by atoms with Gasteiger partial charge < -0.3 is 9.88 Å². The minimum absolute atomic E-state index is 0.0437. The van der Waals surface area contributed by atoms with Crippen LogP contribution in [0.25, 0.3) is 11.4 Å². The minimum atomic E-state index is -0.0437. The van der Waals surface area contributed by atoms with Crippen molar-refractivity contribution in [1.82, 2.24) is 14.8 Å². The van der Waals surface area contributed by atoms with Crippen molar-refractivity contribution in [2.75, 3.05) is 11.1 Å². The summed E-state index contributed by atoms with van der Waals surface area (Å²) < 4.78 is 2.10. The molecular weight excluding hydrogens is 364 g/mol. The Morgan fingerprint density at radius 3 is 2.65 bits per heavy atom. The average molecular weight is 387 g/mol. The van der Waals surface area contributed by atoms with Crippen molar-refractivity contribution in [3.05, 3.63) is 46.2 Å². The van der Waals surface area contributed by atoms with Gasteiger partial charge in [-0.05, 0) is 38.5 Å². The zero-order valence-corrected chi connectivity index (χ0v) is 16.8. The average Bonchev–Trinajstić information content (AvgIpc) is 3.22. The topological polar surface area (TPSA) is 59.8 Å². The Bertz CT molecular complexity index is 883. The van der Waals surface area contributed by atoms with Gasteiger partial charge in [0.05, 0.1) is 5.75 Å². The van der Waals surface area contributed by atoms with Crippen molar-refractivity contribution in [3.8, 4) is 11.4 Å². The third kappa shape index (κ3) is 4.53. The first kappa shape index (κ1) is 18.7. The standard InChI is InChI=1S/C19H22N4OS2/c1-4-9-23-18(15-10-14(3)25-11-15)21-22-19(23)26-12-17(24)20-16-7-5-13(2)6-8-16/h5-8,10-11H,4,9,12H2,1-3H3,(H,20,24). The molecule has 0 fully saturated rings. The number of nitrogens with one attached hydrogen (secondary N) is 1. The summed E-state index contributed by atoms with van der Waals surface area (Å²) in [6, 6.07) is 9.91. The second-order valence-electron chi connectivity index (χ2n) is 6.11. The SMILES string of the molecule is CCCn1c(SCC(=O)Nc2ccc(C)cc2)nnc1-c1csc(C)c1. The molecule has 136 valence electrons. The number of amides is 1. The van der Waals surface area contributed by atoms with Gasteiger partial charge in [-0.25, -0.2) is 0 Å². The van der Waals surface area contributed by atoms with Gasteiger partial charge in [-0.2, -0.15) is 0 Å². The lowest BCUT2D eigenvalue weighted by atomic mass is 10.2.